The number of para-hydroxylation sites is 2. The Bertz CT molecular complexity index is 603. The molecule has 28 heavy (non-hydrogen) atoms. The zero-order valence-corrected chi connectivity index (χ0v) is 17.5. The van der Waals surface area contributed by atoms with Gasteiger partial charge in [0.15, 0.2) is 0 Å². The van der Waals surface area contributed by atoms with Crippen LogP contribution in [0.1, 0.15) is 49.7 Å². The third-order valence-corrected chi connectivity index (χ3v) is 4.97. The van der Waals surface area contributed by atoms with Crippen molar-refractivity contribution in [2.45, 2.75) is 51.6 Å². The normalized spacial score (nSPS) is 10.8. The van der Waals surface area contributed by atoms with Gasteiger partial charge in [-0.25, -0.2) is 0 Å². The maximum Gasteiger partial charge on any atom is 0.123 e. The molecule has 2 aromatic rings. The lowest BCUT2D eigenvalue weighted by molar-refractivity contribution is 0.407. The maximum absolute atomic E-state index is 5.38. The van der Waals surface area contributed by atoms with E-state index in [9.17, 15) is 0 Å². The van der Waals surface area contributed by atoms with E-state index < -0.39 is 0 Å². The molecule has 0 bridgehead atoms. The summed E-state index contributed by atoms with van der Waals surface area (Å²) in [7, 11) is 3.46. The largest absolute Gasteiger partial charge is 0.496 e. The van der Waals surface area contributed by atoms with Gasteiger partial charge in [-0.2, -0.15) is 0 Å². The maximum atomic E-state index is 5.38. The van der Waals surface area contributed by atoms with E-state index in [0.717, 1.165) is 37.7 Å². The van der Waals surface area contributed by atoms with Crippen LogP contribution in [0.4, 0.5) is 0 Å². The number of hydrogen-bond acceptors (Lipinski definition) is 4. The number of benzene rings is 2. The Balaban J connectivity index is 1.41. The van der Waals surface area contributed by atoms with Crippen molar-refractivity contribution in [1.29, 1.82) is 0 Å². The fourth-order valence-corrected chi connectivity index (χ4v) is 3.35. The molecule has 2 N–H and O–H groups in total. The van der Waals surface area contributed by atoms with Gasteiger partial charge in [0, 0.05) is 24.2 Å². The summed E-state index contributed by atoms with van der Waals surface area (Å²) in [5.41, 5.74) is 2.45. The zero-order valence-electron chi connectivity index (χ0n) is 17.5. The molecule has 0 aliphatic heterocycles. The summed E-state index contributed by atoms with van der Waals surface area (Å²) in [4.78, 5) is 0. The Kier molecular flexibility index (Phi) is 11.1. The topological polar surface area (TPSA) is 42.5 Å². The Morgan fingerprint density at radius 2 is 0.964 bits per heavy atom. The van der Waals surface area contributed by atoms with Crippen molar-refractivity contribution in [3.63, 3.8) is 0 Å². The van der Waals surface area contributed by atoms with E-state index in [-0.39, 0.29) is 0 Å². The third kappa shape index (κ3) is 8.32. The van der Waals surface area contributed by atoms with Gasteiger partial charge in [-0.15, -0.1) is 0 Å². The van der Waals surface area contributed by atoms with E-state index in [0.29, 0.717) is 0 Å². The van der Waals surface area contributed by atoms with Crippen molar-refractivity contribution in [2.75, 3.05) is 27.3 Å². The smallest absolute Gasteiger partial charge is 0.123 e. The second-order valence-corrected chi connectivity index (χ2v) is 7.10. The lowest BCUT2D eigenvalue weighted by atomic mass is 10.1. The lowest BCUT2D eigenvalue weighted by Crippen LogP contribution is -2.15. The first-order valence-electron chi connectivity index (χ1n) is 10.5. The van der Waals surface area contributed by atoms with Crippen LogP contribution in [0.3, 0.4) is 0 Å². The first kappa shape index (κ1) is 22.3. The number of unbranched alkanes of at least 4 members (excludes halogenated alkanes) is 5. The van der Waals surface area contributed by atoms with E-state index in [1.165, 1.54) is 49.7 Å². The molecule has 2 rings (SSSR count). The van der Waals surface area contributed by atoms with Gasteiger partial charge in [0.2, 0.25) is 0 Å². The molecule has 0 amide bonds. The number of nitrogens with one attached hydrogen (secondary N) is 2. The van der Waals surface area contributed by atoms with Gasteiger partial charge >= 0.3 is 0 Å². The van der Waals surface area contributed by atoms with Crippen molar-refractivity contribution in [3.05, 3.63) is 59.7 Å². The molecule has 154 valence electrons. The van der Waals surface area contributed by atoms with Gasteiger partial charge in [-0.1, -0.05) is 62.1 Å². The standard InChI is InChI=1S/C24H36N2O2/c1-27-23-15-9-7-13-21(23)19-25-17-11-5-3-4-6-12-18-26-20-22-14-8-10-16-24(22)28-2/h7-10,13-16,25-26H,3-6,11-12,17-20H2,1-2H3. The summed E-state index contributed by atoms with van der Waals surface area (Å²) in [6.45, 7) is 3.89. The lowest BCUT2D eigenvalue weighted by Gasteiger charge is -2.10. The highest BCUT2D eigenvalue weighted by Gasteiger charge is 2.01. The van der Waals surface area contributed by atoms with Crippen LogP contribution in [-0.2, 0) is 13.1 Å². The van der Waals surface area contributed by atoms with Crippen LogP contribution < -0.4 is 20.1 Å². The van der Waals surface area contributed by atoms with E-state index >= 15 is 0 Å². The molecule has 0 heterocycles. The third-order valence-electron chi connectivity index (χ3n) is 4.97. The number of rotatable bonds is 15. The summed E-state index contributed by atoms with van der Waals surface area (Å²) < 4.78 is 10.8. The molecule has 0 spiro atoms. The first-order valence-corrected chi connectivity index (χ1v) is 10.5. The monoisotopic (exact) mass is 384 g/mol. The minimum absolute atomic E-state index is 0.877. The van der Waals surface area contributed by atoms with E-state index in [2.05, 4.69) is 34.9 Å². The molecule has 0 radical (unpaired) electrons. The summed E-state index contributed by atoms with van der Waals surface area (Å²) in [5, 5.41) is 7.04. The summed E-state index contributed by atoms with van der Waals surface area (Å²) in [6.07, 6.45) is 7.72. The Morgan fingerprint density at radius 1 is 0.571 bits per heavy atom. The Morgan fingerprint density at radius 3 is 1.39 bits per heavy atom. The zero-order chi connectivity index (χ0) is 19.9. The first-order chi connectivity index (χ1) is 13.8. The van der Waals surface area contributed by atoms with Crippen molar-refractivity contribution in [2.24, 2.45) is 0 Å². The molecular weight excluding hydrogens is 348 g/mol. The second-order valence-electron chi connectivity index (χ2n) is 7.10. The minimum Gasteiger partial charge on any atom is -0.496 e. The highest BCUT2D eigenvalue weighted by molar-refractivity contribution is 5.33. The van der Waals surface area contributed by atoms with Gasteiger partial charge in [-0.3, -0.25) is 0 Å². The van der Waals surface area contributed by atoms with Crippen LogP contribution in [0.2, 0.25) is 0 Å². The molecule has 0 unspecified atom stereocenters. The van der Waals surface area contributed by atoms with Crippen LogP contribution in [0.25, 0.3) is 0 Å². The van der Waals surface area contributed by atoms with Crippen LogP contribution in [0.5, 0.6) is 11.5 Å². The van der Waals surface area contributed by atoms with Crippen molar-refractivity contribution >= 4 is 0 Å². The van der Waals surface area contributed by atoms with Crippen molar-refractivity contribution in [3.8, 4) is 11.5 Å². The SMILES string of the molecule is COc1ccccc1CNCCCCCCCCNCc1ccccc1OC. The molecule has 2 aromatic carbocycles. The Hall–Kier alpha value is -2.04. The van der Waals surface area contributed by atoms with Gasteiger partial charge in [0.1, 0.15) is 11.5 Å². The molecule has 0 aliphatic rings. The number of hydrogen-bond donors (Lipinski definition) is 2. The molecular formula is C24H36N2O2. The quantitative estimate of drug-likeness (QED) is 0.428. The molecule has 0 fully saturated rings. The molecule has 0 aliphatic carbocycles. The van der Waals surface area contributed by atoms with E-state index in [4.69, 9.17) is 9.47 Å². The summed E-state index contributed by atoms with van der Waals surface area (Å²) >= 11 is 0. The van der Waals surface area contributed by atoms with E-state index in [1.54, 1.807) is 14.2 Å². The molecule has 4 nitrogen and oxygen atoms in total. The number of methoxy groups -OCH3 is 2. The molecule has 0 saturated carbocycles. The Labute approximate surface area is 170 Å². The number of ether oxygens (including phenoxy) is 2. The van der Waals surface area contributed by atoms with Crippen LogP contribution in [0, 0.1) is 0 Å². The van der Waals surface area contributed by atoms with Crippen molar-refractivity contribution in [1.82, 2.24) is 10.6 Å². The fourth-order valence-electron chi connectivity index (χ4n) is 3.35. The molecule has 0 atom stereocenters. The highest BCUT2D eigenvalue weighted by Crippen LogP contribution is 2.17. The average Bonchev–Trinajstić information content (AvgIpc) is 2.75. The highest BCUT2D eigenvalue weighted by atomic mass is 16.5. The molecule has 0 aromatic heterocycles. The van der Waals surface area contributed by atoms with Gasteiger partial charge in [0.05, 0.1) is 14.2 Å². The molecule has 0 saturated heterocycles. The van der Waals surface area contributed by atoms with Crippen LogP contribution in [-0.4, -0.2) is 27.3 Å². The predicted molar refractivity (Wildman–Crippen MR) is 117 cm³/mol. The van der Waals surface area contributed by atoms with E-state index in [1.807, 2.05) is 24.3 Å². The average molecular weight is 385 g/mol. The fraction of sp³-hybridized carbons (Fsp3) is 0.500. The minimum atomic E-state index is 0.877. The van der Waals surface area contributed by atoms with Gasteiger partial charge < -0.3 is 20.1 Å². The molecule has 4 heteroatoms. The van der Waals surface area contributed by atoms with Gasteiger partial charge in [-0.05, 0) is 38.1 Å². The van der Waals surface area contributed by atoms with Crippen LogP contribution in [0.15, 0.2) is 48.5 Å². The second kappa shape index (κ2) is 14.0. The van der Waals surface area contributed by atoms with Crippen molar-refractivity contribution < 1.29 is 9.47 Å². The van der Waals surface area contributed by atoms with Gasteiger partial charge in [0.25, 0.3) is 0 Å². The summed E-state index contributed by atoms with van der Waals surface area (Å²) in [6, 6.07) is 16.4. The summed E-state index contributed by atoms with van der Waals surface area (Å²) in [5.74, 6) is 1.93. The predicted octanol–water partition coefficient (Wildman–Crippen LogP) is 4.92. The van der Waals surface area contributed by atoms with Crippen LogP contribution >= 0.6 is 0 Å².